The average Bonchev–Trinajstić information content (AvgIpc) is 3.10. The molecule has 0 spiro atoms. The van der Waals surface area contributed by atoms with Gasteiger partial charge in [-0.2, -0.15) is 4.94 Å². The van der Waals surface area contributed by atoms with Gasteiger partial charge in [0.2, 0.25) is 0 Å². The molecule has 0 amide bonds. The van der Waals surface area contributed by atoms with Crippen molar-refractivity contribution in [1.82, 2.24) is 4.57 Å². The smallest absolute Gasteiger partial charge is 0.113 e. The monoisotopic (exact) mass is 375 g/mol. The summed E-state index contributed by atoms with van der Waals surface area (Å²) in [5, 5.41) is 2.81. The Morgan fingerprint density at radius 2 is 1.25 bits per heavy atom. The second-order valence-corrected chi connectivity index (χ2v) is 7.44. The number of rotatable bonds is 3. The minimum absolute atomic E-state index is 0.0425. The minimum atomic E-state index is 0.0425. The van der Waals surface area contributed by atoms with Crippen molar-refractivity contribution >= 4 is 21.8 Å². The number of para-hydroxylation sites is 2. The third kappa shape index (κ3) is 3.95. The van der Waals surface area contributed by atoms with Crippen LogP contribution >= 0.6 is 0 Å². The molecule has 1 fully saturated rings. The molecular formula is C25H26FNO. The molecule has 0 saturated heterocycles. The van der Waals surface area contributed by atoms with E-state index in [4.69, 9.17) is 0 Å². The van der Waals surface area contributed by atoms with Gasteiger partial charge in [0.05, 0.1) is 0 Å². The molecule has 3 aromatic carbocycles. The fraction of sp³-hybridized carbons (Fsp3) is 0.280. The van der Waals surface area contributed by atoms with Gasteiger partial charge in [0.15, 0.2) is 0 Å². The Balaban J connectivity index is 0.000000181. The molecule has 0 N–H and O–H groups in total. The molecule has 1 aliphatic carbocycles. The summed E-state index contributed by atoms with van der Waals surface area (Å²) in [5.41, 5.74) is 3.67. The van der Waals surface area contributed by atoms with Crippen LogP contribution in [-0.4, -0.2) is 4.57 Å². The molecule has 0 radical (unpaired) electrons. The quantitative estimate of drug-likeness (QED) is 0.364. The highest BCUT2D eigenvalue weighted by atomic mass is 19.3. The fourth-order valence-electron chi connectivity index (χ4n) is 4.32. The molecule has 0 aliphatic heterocycles. The van der Waals surface area contributed by atoms with Crippen molar-refractivity contribution in [1.29, 1.82) is 0 Å². The van der Waals surface area contributed by atoms with Gasteiger partial charge < -0.3 is 4.57 Å². The van der Waals surface area contributed by atoms with E-state index in [9.17, 15) is 4.53 Å². The van der Waals surface area contributed by atoms with Crippen LogP contribution in [0.15, 0.2) is 78.9 Å². The normalized spacial score (nSPS) is 14.8. The summed E-state index contributed by atoms with van der Waals surface area (Å²) >= 11 is 0. The summed E-state index contributed by atoms with van der Waals surface area (Å²) in [6.07, 6.45) is 6.84. The molecule has 28 heavy (non-hydrogen) atoms. The van der Waals surface area contributed by atoms with E-state index in [0.717, 1.165) is 5.56 Å². The van der Waals surface area contributed by atoms with Crippen LogP contribution in [-0.2, 0) is 11.5 Å². The van der Waals surface area contributed by atoms with E-state index >= 15 is 0 Å². The van der Waals surface area contributed by atoms with Crippen molar-refractivity contribution < 1.29 is 9.47 Å². The van der Waals surface area contributed by atoms with Gasteiger partial charge in [0.25, 0.3) is 0 Å². The summed E-state index contributed by atoms with van der Waals surface area (Å²) in [5.74, 6) is 0. The van der Waals surface area contributed by atoms with Gasteiger partial charge in [0, 0.05) is 27.8 Å². The molecule has 144 valence electrons. The number of hydrogen-bond donors (Lipinski definition) is 0. The summed E-state index contributed by atoms with van der Waals surface area (Å²) in [7, 11) is 0. The summed E-state index contributed by atoms with van der Waals surface area (Å²) in [6, 6.07) is 27.6. The Kier molecular flexibility index (Phi) is 6.03. The van der Waals surface area contributed by atoms with Crippen molar-refractivity contribution in [3.05, 3.63) is 84.4 Å². The Morgan fingerprint density at radius 3 is 1.82 bits per heavy atom. The van der Waals surface area contributed by atoms with Crippen molar-refractivity contribution in [2.45, 2.75) is 44.8 Å². The van der Waals surface area contributed by atoms with Crippen LogP contribution in [0, 0.1) is 0 Å². The Morgan fingerprint density at radius 1 is 0.714 bits per heavy atom. The van der Waals surface area contributed by atoms with Crippen molar-refractivity contribution in [2.24, 2.45) is 0 Å². The second kappa shape index (κ2) is 9.03. The molecule has 5 rings (SSSR count). The molecule has 0 atom stereocenters. The maximum Gasteiger partial charge on any atom is 0.113 e. The van der Waals surface area contributed by atoms with Gasteiger partial charge >= 0.3 is 0 Å². The van der Waals surface area contributed by atoms with Crippen LogP contribution in [0.4, 0.5) is 4.53 Å². The van der Waals surface area contributed by atoms with Crippen LogP contribution in [0.1, 0.15) is 43.7 Å². The van der Waals surface area contributed by atoms with E-state index in [2.05, 4.69) is 58.0 Å². The van der Waals surface area contributed by atoms with Gasteiger partial charge in [-0.05, 0) is 35.1 Å². The number of halogens is 1. The van der Waals surface area contributed by atoms with E-state index in [0.29, 0.717) is 6.04 Å². The highest BCUT2D eigenvalue weighted by molar-refractivity contribution is 6.08. The molecule has 1 heterocycles. The highest BCUT2D eigenvalue weighted by Crippen LogP contribution is 2.37. The number of hydrogen-bond acceptors (Lipinski definition) is 1. The summed E-state index contributed by atoms with van der Waals surface area (Å²) in [6.45, 7) is 0.0425. The van der Waals surface area contributed by atoms with Crippen LogP contribution in [0.25, 0.3) is 21.8 Å². The molecule has 1 aromatic heterocycles. The largest absolute Gasteiger partial charge is 0.337 e. The third-order valence-electron chi connectivity index (χ3n) is 5.62. The van der Waals surface area contributed by atoms with Crippen molar-refractivity contribution in [3.8, 4) is 0 Å². The van der Waals surface area contributed by atoms with Gasteiger partial charge in [-0.25, -0.2) is 0 Å². The van der Waals surface area contributed by atoms with E-state index in [1.165, 1.54) is 53.9 Å². The Labute approximate surface area is 165 Å². The lowest BCUT2D eigenvalue weighted by Gasteiger charge is -2.25. The van der Waals surface area contributed by atoms with E-state index < -0.39 is 0 Å². The zero-order chi connectivity index (χ0) is 19.2. The van der Waals surface area contributed by atoms with Gasteiger partial charge in [0.1, 0.15) is 6.61 Å². The van der Waals surface area contributed by atoms with Crippen LogP contribution in [0.5, 0.6) is 0 Å². The first-order chi connectivity index (χ1) is 13.9. The highest BCUT2D eigenvalue weighted by Gasteiger charge is 2.19. The molecule has 1 aliphatic rings. The standard InChI is InChI=1S/C18H19N.C7H7FO/c1-2-8-14(9-3-1)19-17-12-6-4-10-15(17)16-11-5-7-13-18(16)19;8-9-6-7-4-2-1-3-5-7/h4-7,10-14H,1-3,8-9H2;1-5H,6H2. The maximum atomic E-state index is 11.2. The van der Waals surface area contributed by atoms with E-state index in [-0.39, 0.29) is 6.61 Å². The summed E-state index contributed by atoms with van der Waals surface area (Å²) in [4.78, 5) is 3.43. The molecular weight excluding hydrogens is 349 g/mol. The number of fused-ring (bicyclic) bond motifs is 3. The Hall–Kier alpha value is -2.65. The first-order valence-corrected chi connectivity index (χ1v) is 10.1. The predicted octanol–water partition coefficient (Wildman–Crippen LogP) is 7.39. The maximum absolute atomic E-state index is 11.2. The lowest BCUT2D eigenvalue weighted by molar-refractivity contribution is -0.144. The molecule has 0 bridgehead atoms. The Bertz CT molecular complexity index is 965. The molecule has 4 aromatic rings. The third-order valence-corrected chi connectivity index (χ3v) is 5.62. The number of nitrogens with zero attached hydrogens (tertiary/aromatic N) is 1. The van der Waals surface area contributed by atoms with Crippen molar-refractivity contribution in [2.75, 3.05) is 0 Å². The van der Waals surface area contributed by atoms with E-state index in [1.54, 1.807) is 12.1 Å². The lowest BCUT2D eigenvalue weighted by atomic mass is 9.95. The van der Waals surface area contributed by atoms with Crippen LogP contribution in [0.2, 0.25) is 0 Å². The van der Waals surface area contributed by atoms with Crippen molar-refractivity contribution in [3.63, 3.8) is 0 Å². The van der Waals surface area contributed by atoms with E-state index in [1.807, 2.05) is 18.2 Å². The average molecular weight is 375 g/mol. The van der Waals surface area contributed by atoms with Crippen LogP contribution in [0.3, 0.4) is 0 Å². The van der Waals surface area contributed by atoms with Crippen LogP contribution < -0.4 is 0 Å². The lowest BCUT2D eigenvalue weighted by Crippen LogP contribution is -2.12. The van der Waals surface area contributed by atoms with Gasteiger partial charge in [-0.15, -0.1) is 0 Å². The molecule has 2 nitrogen and oxygen atoms in total. The fourth-order valence-corrected chi connectivity index (χ4v) is 4.32. The summed E-state index contributed by atoms with van der Waals surface area (Å²) < 4.78 is 13.8. The van der Waals surface area contributed by atoms with Gasteiger partial charge in [-0.1, -0.05) is 86.0 Å². The number of benzene rings is 3. The molecule has 0 unspecified atom stereocenters. The number of aromatic nitrogens is 1. The molecule has 3 heteroatoms. The molecule has 1 saturated carbocycles. The predicted molar refractivity (Wildman–Crippen MR) is 114 cm³/mol. The zero-order valence-corrected chi connectivity index (χ0v) is 16.1. The first kappa shape index (κ1) is 18.7. The first-order valence-electron chi connectivity index (χ1n) is 10.1. The zero-order valence-electron chi connectivity index (χ0n) is 16.1. The second-order valence-electron chi connectivity index (χ2n) is 7.44. The topological polar surface area (TPSA) is 14.2 Å². The minimum Gasteiger partial charge on any atom is -0.337 e. The van der Waals surface area contributed by atoms with Gasteiger partial charge in [-0.3, -0.25) is 0 Å². The SMILES string of the molecule is FOCc1ccccc1.c1ccc2c(c1)c1ccccc1n2C1CCCCC1.